The van der Waals surface area contributed by atoms with Crippen molar-refractivity contribution in [3.05, 3.63) is 176 Å². The first-order chi connectivity index (χ1) is 23.8. The Bertz CT molecular complexity index is 2840. The summed E-state index contributed by atoms with van der Waals surface area (Å²) in [6.45, 7) is 0. The van der Waals surface area contributed by atoms with E-state index in [2.05, 4.69) is 181 Å². The fourth-order valence-electron chi connectivity index (χ4n) is 7.61. The summed E-state index contributed by atoms with van der Waals surface area (Å²) in [6, 6.07) is 64.5. The first-order valence-corrected chi connectivity index (χ1v) is 17.3. The fourth-order valence-corrected chi connectivity index (χ4v) is 8.83. The Morgan fingerprint density at radius 2 is 1.00 bits per heavy atom. The van der Waals surface area contributed by atoms with Crippen molar-refractivity contribution < 1.29 is 0 Å². The van der Waals surface area contributed by atoms with Gasteiger partial charge in [0.05, 0.1) is 11.4 Å². The summed E-state index contributed by atoms with van der Waals surface area (Å²) in [4.78, 5) is 2.50. The number of hydrogen-bond acceptors (Lipinski definition) is 2. The van der Waals surface area contributed by atoms with Crippen molar-refractivity contribution in [1.82, 2.24) is 0 Å². The van der Waals surface area contributed by atoms with Gasteiger partial charge in [-0.15, -0.1) is 11.3 Å². The van der Waals surface area contributed by atoms with Crippen LogP contribution >= 0.6 is 11.3 Å². The molecule has 0 N–H and O–H groups in total. The zero-order valence-electron chi connectivity index (χ0n) is 26.1. The lowest BCUT2D eigenvalue weighted by atomic mass is 9.94. The van der Waals surface area contributed by atoms with Crippen LogP contribution in [0.5, 0.6) is 0 Å². The van der Waals surface area contributed by atoms with Gasteiger partial charge in [-0.2, -0.15) is 0 Å². The third-order valence-electron chi connectivity index (χ3n) is 9.80. The predicted molar refractivity (Wildman–Crippen MR) is 209 cm³/mol. The minimum Gasteiger partial charge on any atom is -0.309 e. The van der Waals surface area contributed by atoms with Crippen LogP contribution in [-0.4, -0.2) is 0 Å². The lowest BCUT2D eigenvalue weighted by Gasteiger charge is -2.29. The number of thiophene rings is 1. The summed E-state index contributed by atoms with van der Waals surface area (Å²) >= 11 is 1.89. The predicted octanol–water partition coefficient (Wildman–Crippen LogP) is 13.8. The van der Waals surface area contributed by atoms with Gasteiger partial charge in [-0.05, 0) is 73.6 Å². The molecule has 0 fully saturated rings. The summed E-state index contributed by atoms with van der Waals surface area (Å²) in [6.07, 6.45) is 0. The highest BCUT2D eigenvalue weighted by molar-refractivity contribution is 7.26. The van der Waals surface area contributed by atoms with E-state index in [9.17, 15) is 0 Å². The number of anilines is 3. The van der Waals surface area contributed by atoms with Gasteiger partial charge in [0.15, 0.2) is 0 Å². The van der Waals surface area contributed by atoms with Crippen molar-refractivity contribution in [2.24, 2.45) is 0 Å². The molecule has 0 saturated carbocycles. The van der Waals surface area contributed by atoms with Crippen molar-refractivity contribution in [2.75, 3.05) is 4.90 Å². The van der Waals surface area contributed by atoms with Gasteiger partial charge in [0.1, 0.15) is 0 Å². The molecular formula is C46H29NS. The molecule has 224 valence electrons. The van der Waals surface area contributed by atoms with E-state index in [-0.39, 0.29) is 0 Å². The van der Waals surface area contributed by atoms with E-state index in [1.165, 1.54) is 80.1 Å². The molecule has 1 heterocycles. The molecule has 1 aromatic heterocycles. The number of rotatable bonds is 4. The first-order valence-electron chi connectivity index (χ1n) is 16.4. The van der Waals surface area contributed by atoms with Crippen LogP contribution in [0.2, 0.25) is 0 Å². The van der Waals surface area contributed by atoms with Gasteiger partial charge >= 0.3 is 0 Å². The lowest BCUT2D eigenvalue weighted by Crippen LogP contribution is -2.12. The largest absolute Gasteiger partial charge is 0.309 e. The number of fused-ring (bicyclic) bond motifs is 10. The molecule has 48 heavy (non-hydrogen) atoms. The standard InChI is InChI=1S/C46H29NS/c1-2-11-30(12-3-1)36-16-8-9-19-41(36)47(35-26-28-43-40(29-35)39-27-25-32-14-5-7-18-38(32)46(39)48-43)42-20-10-15-33-23-24-34-22-21-31-13-4-6-17-37(31)44(34)45(33)42/h1-29H. The fraction of sp³-hybridized carbons (Fsp3) is 0. The normalized spacial score (nSPS) is 11.8. The second-order valence-corrected chi connectivity index (χ2v) is 13.5. The number of nitrogens with zero attached hydrogens (tertiary/aromatic N) is 1. The van der Waals surface area contributed by atoms with Crippen molar-refractivity contribution >= 4 is 91.7 Å². The third-order valence-corrected chi connectivity index (χ3v) is 11.0. The topological polar surface area (TPSA) is 3.24 Å². The van der Waals surface area contributed by atoms with Crippen molar-refractivity contribution in [2.45, 2.75) is 0 Å². The van der Waals surface area contributed by atoms with Crippen LogP contribution in [0.15, 0.2) is 176 Å². The zero-order chi connectivity index (χ0) is 31.6. The van der Waals surface area contributed by atoms with Gasteiger partial charge in [0.25, 0.3) is 0 Å². The van der Waals surface area contributed by atoms with Gasteiger partial charge < -0.3 is 4.90 Å². The molecule has 1 nitrogen and oxygen atoms in total. The highest BCUT2D eigenvalue weighted by atomic mass is 32.1. The van der Waals surface area contributed by atoms with Crippen molar-refractivity contribution in [3.63, 3.8) is 0 Å². The minimum absolute atomic E-state index is 1.14. The van der Waals surface area contributed by atoms with Crippen LogP contribution in [0.25, 0.3) is 74.4 Å². The summed E-state index contributed by atoms with van der Waals surface area (Å²) in [7, 11) is 0. The SMILES string of the molecule is c1ccc(-c2ccccc2N(c2ccc3sc4c5ccccc5ccc4c3c2)c2cccc3ccc4ccc5ccccc5c4c23)cc1. The quantitative estimate of drug-likeness (QED) is 0.176. The molecule has 10 rings (SSSR count). The maximum absolute atomic E-state index is 2.50. The number of benzene rings is 9. The van der Waals surface area contributed by atoms with Crippen LogP contribution in [0.1, 0.15) is 0 Å². The molecule has 0 atom stereocenters. The number of para-hydroxylation sites is 1. The van der Waals surface area contributed by atoms with E-state index in [4.69, 9.17) is 0 Å². The van der Waals surface area contributed by atoms with Crippen molar-refractivity contribution in [3.8, 4) is 11.1 Å². The Morgan fingerprint density at radius 1 is 0.375 bits per heavy atom. The smallest absolute Gasteiger partial charge is 0.0546 e. The average molecular weight is 628 g/mol. The average Bonchev–Trinajstić information content (AvgIpc) is 3.54. The molecule has 0 aliphatic carbocycles. The summed E-state index contributed by atoms with van der Waals surface area (Å²) in [5, 5.41) is 12.7. The van der Waals surface area contributed by atoms with Gasteiger partial charge in [0, 0.05) is 36.8 Å². The first kappa shape index (κ1) is 27.2. The number of hydrogen-bond donors (Lipinski definition) is 0. The van der Waals surface area contributed by atoms with Crippen LogP contribution in [0.4, 0.5) is 17.1 Å². The van der Waals surface area contributed by atoms with E-state index in [1.54, 1.807) is 0 Å². The van der Waals surface area contributed by atoms with E-state index in [1.807, 2.05) is 11.3 Å². The monoisotopic (exact) mass is 627 g/mol. The van der Waals surface area contributed by atoms with E-state index in [0.29, 0.717) is 0 Å². The van der Waals surface area contributed by atoms with Crippen LogP contribution in [0.3, 0.4) is 0 Å². The Labute approximate surface area is 282 Å². The van der Waals surface area contributed by atoms with Crippen molar-refractivity contribution in [1.29, 1.82) is 0 Å². The molecular weight excluding hydrogens is 599 g/mol. The zero-order valence-corrected chi connectivity index (χ0v) is 26.9. The summed E-state index contributed by atoms with van der Waals surface area (Å²) in [5.41, 5.74) is 5.85. The molecule has 0 radical (unpaired) electrons. The molecule has 9 aromatic carbocycles. The van der Waals surface area contributed by atoms with Gasteiger partial charge in [0.2, 0.25) is 0 Å². The van der Waals surface area contributed by atoms with E-state index in [0.717, 1.165) is 11.4 Å². The molecule has 0 amide bonds. The van der Waals surface area contributed by atoms with Crippen LogP contribution in [-0.2, 0) is 0 Å². The van der Waals surface area contributed by atoms with Gasteiger partial charge in [-0.1, -0.05) is 146 Å². The molecule has 0 saturated heterocycles. The summed E-state index contributed by atoms with van der Waals surface area (Å²) in [5.74, 6) is 0. The second-order valence-electron chi connectivity index (χ2n) is 12.5. The van der Waals surface area contributed by atoms with Gasteiger partial charge in [-0.3, -0.25) is 0 Å². The highest BCUT2D eigenvalue weighted by Gasteiger charge is 2.22. The maximum Gasteiger partial charge on any atom is 0.0546 e. The second kappa shape index (κ2) is 10.8. The molecule has 0 spiro atoms. The highest BCUT2D eigenvalue weighted by Crippen LogP contribution is 2.48. The summed E-state index contributed by atoms with van der Waals surface area (Å²) < 4.78 is 2.65. The van der Waals surface area contributed by atoms with Gasteiger partial charge in [-0.25, -0.2) is 0 Å². The Hall–Kier alpha value is -5.96. The molecule has 0 unspecified atom stereocenters. The molecule has 0 bridgehead atoms. The minimum atomic E-state index is 1.14. The Kier molecular flexibility index (Phi) is 6.12. The molecule has 2 heteroatoms. The third kappa shape index (κ3) is 4.17. The maximum atomic E-state index is 2.50. The van der Waals surface area contributed by atoms with E-state index < -0.39 is 0 Å². The molecule has 10 aromatic rings. The van der Waals surface area contributed by atoms with E-state index >= 15 is 0 Å². The molecule has 0 aliphatic rings. The van der Waals surface area contributed by atoms with Crippen LogP contribution in [0, 0.1) is 0 Å². The van der Waals surface area contributed by atoms with Crippen LogP contribution < -0.4 is 4.90 Å². The lowest BCUT2D eigenvalue weighted by molar-refractivity contribution is 1.31. The Balaban J connectivity index is 1.32. The Morgan fingerprint density at radius 3 is 1.85 bits per heavy atom. The molecule has 0 aliphatic heterocycles.